The molecule has 1 unspecified atom stereocenters. The van der Waals surface area contributed by atoms with Crippen molar-refractivity contribution in [1.82, 2.24) is 14.9 Å². The molecule has 1 aromatic heterocycles. The van der Waals surface area contributed by atoms with Crippen molar-refractivity contribution in [2.45, 2.75) is 69.7 Å². The van der Waals surface area contributed by atoms with Gasteiger partial charge in [-0.25, -0.2) is 0 Å². The van der Waals surface area contributed by atoms with E-state index < -0.39 is 24.3 Å². The van der Waals surface area contributed by atoms with Gasteiger partial charge in [-0.05, 0) is 30.0 Å². The third-order valence-corrected chi connectivity index (χ3v) is 7.34. The number of ether oxygens (including phenoxy) is 3. The van der Waals surface area contributed by atoms with E-state index in [1.165, 1.54) is 0 Å². The summed E-state index contributed by atoms with van der Waals surface area (Å²) < 4.78 is 18.1. The topological polar surface area (TPSA) is 114 Å². The SMILES string of the molecule is COc1ccc2c(c1OCc1cnccn1)C[C@H](C(=O)O)N(C(O)[C@@H](OC1CCCC1)c1ccccc1)C2. The van der Waals surface area contributed by atoms with E-state index in [4.69, 9.17) is 14.2 Å². The van der Waals surface area contributed by atoms with Gasteiger partial charge in [0.1, 0.15) is 25.0 Å². The lowest BCUT2D eigenvalue weighted by atomic mass is 9.91. The van der Waals surface area contributed by atoms with Gasteiger partial charge in [0.15, 0.2) is 11.5 Å². The number of aliphatic hydroxyl groups is 1. The molecule has 3 aromatic rings. The summed E-state index contributed by atoms with van der Waals surface area (Å²) in [7, 11) is 1.55. The van der Waals surface area contributed by atoms with Crippen molar-refractivity contribution in [3.63, 3.8) is 0 Å². The smallest absolute Gasteiger partial charge is 0.321 e. The van der Waals surface area contributed by atoms with Crippen LogP contribution in [-0.2, 0) is 29.1 Å². The van der Waals surface area contributed by atoms with Gasteiger partial charge < -0.3 is 24.4 Å². The fourth-order valence-corrected chi connectivity index (χ4v) is 5.38. The van der Waals surface area contributed by atoms with Crippen LogP contribution in [0.1, 0.15) is 54.2 Å². The second-order valence-electron chi connectivity index (χ2n) is 9.74. The van der Waals surface area contributed by atoms with Gasteiger partial charge in [0.05, 0.1) is 25.1 Å². The van der Waals surface area contributed by atoms with Crippen molar-refractivity contribution in [3.05, 3.63) is 83.4 Å². The Morgan fingerprint density at radius 3 is 2.61 bits per heavy atom. The fraction of sp³-hybridized carbons (Fsp3) is 0.414. The van der Waals surface area contributed by atoms with Crippen LogP contribution in [0.25, 0.3) is 0 Å². The second-order valence-corrected chi connectivity index (χ2v) is 9.74. The van der Waals surface area contributed by atoms with Crippen LogP contribution in [0, 0.1) is 0 Å². The molecule has 0 saturated heterocycles. The highest BCUT2D eigenvalue weighted by Crippen LogP contribution is 2.41. The molecule has 0 radical (unpaired) electrons. The molecule has 9 heteroatoms. The molecule has 0 spiro atoms. The summed E-state index contributed by atoms with van der Waals surface area (Å²) in [4.78, 5) is 22.5. The third kappa shape index (κ3) is 5.65. The first-order valence-electron chi connectivity index (χ1n) is 13.0. The number of carboxylic acids is 1. The maximum Gasteiger partial charge on any atom is 0.321 e. The summed E-state index contributed by atoms with van der Waals surface area (Å²) in [6.45, 7) is 0.381. The van der Waals surface area contributed by atoms with Crippen molar-refractivity contribution in [2.75, 3.05) is 7.11 Å². The number of fused-ring (bicyclic) bond motifs is 1. The number of benzene rings is 2. The minimum atomic E-state index is -1.15. The number of rotatable bonds is 10. The molecule has 1 aliphatic carbocycles. The largest absolute Gasteiger partial charge is 0.493 e. The Bertz CT molecular complexity index is 1220. The maximum atomic E-state index is 12.5. The highest BCUT2D eigenvalue weighted by atomic mass is 16.5. The summed E-state index contributed by atoms with van der Waals surface area (Å²) in [5.41, 5.74) is 3.08. The van der Waals surface area contributed by atoms with Crippen molar-refractivity contribution in [2.24, 2.45) is 0 Å². The number of carboxylic acid groups (broad SMARTS) is 1. The van der Waals surface area contributed by atoms with Crippen molar-refractivity contribution < 1.29 is 29.2 Å². The third-order valence-electron chi connectivity index (χ3n) is 7.34. The molecule has 1 saturated carbocycles. The highest BCUT2D eigenvalue weighted by molar-refractivity contribution is 5.75. The lowest BCUT2D eigenvalue weighted by Gasteiger charge is -2.41. The summed E-state index contributed by atoms with van der Waals surface area (Å²) in [5.74, 6) is -0.0274. The molecular formula is C29H33N3O6. The predicted molar refractivity (Wildman–Crippen MR) is 139 cm³/mol. The first-order valence-corrected chi connectivity index (χ1v) is 13.0. The van der Waals surface area contributed by atoms with Gasteiger partial charge in [-0.3, -0.25) is 19.7 Å². The van der Waals surface area contributed by atoms with Crippen LogP contribution in [-0.4, -0.2) is 56.5 Å². The molecule has 38 heavy (non-hydrogen) atoms. The number of hydrogen-bond donors (Lipinski definition) is 2. The van der Waals surface area contributed by atoms with Gasteiger partial charge >= 0.3 is 5.97 Å². The molecule has 2 aliphatic rings. The zero-order valence-electron chi connectivity index (χ0n) is 21.4. The highest BCUT2D eigenvalue weighted by Gasteiger charge is 2.41. The molecule has 0 bridgehead atoms. The number of hydrogen-bond acceptors (Lipinski definition) is 8. The van der Waals surface area contributed by atoms with E-state index in [-0.39, 0.29) is 25.7 Å². The molecule has 0 amide bonds. The first-order chi connectivity index (χ1) is 18.5. The average molecular weight is 520 g/mol. The van der Waals surface area contributed by atoms with Gasteiger partial charge in [0.25, 0.3) is 0 Å². The van der Waals surface area contributed by atoms with E-state index in [2.05, 4.69) is 9.97 Å². The van der Waals surface area contributed by atoms with Gasteiger partial charge in [-0.1, -0.05) is 49.2 Å². The normalized spacial score (nSPS) is 19.5. The number of nitrogens with zero attached hydrogens (tertiary/aromatic N) is 3. The van der Waals surface area contributed by atoms with E-state index in [9.17, 15) is 15.0 Å². The Hall–Kier alpha value is -3.53. The number of carbonyl (C=O) groups is 1. The van der Waals surface area contributed by atoms with Gasteiger partial charge in [0.2, 0.25) is 0 Å². The van der Waals surface area contributed by atoms with E-state index in [0.29, 0.717) is 17.2 Å². The van der Waals surface area contributed by atoms with Crippen molar-refractivity contribution in [1.29, 1.82) is 0 Å². The molecule has 2 heterocycles. The second kappa shape index (κ2) is 11.9. The van der Waals surface area contributed by atoms with Crippen LogP contribution in [0.2, 0.25) is 0 Å². The quantitative estimate of drug-likeness (QED) is 0.412. The number of aliphatic carboxylic acids is 1. The van der Waals surface area contributed by atoms with E-state index in [0.717, 1.165) is 42.4 Å². The summed E-state index contributed by atoms with van der Waals surface area (Å²) in [5, 5.41) is 21.9. The van der Waals surface area contributed by atoms with E-state index in [1.54, 1.807) is 36.7 Å². The molecule has 200 valence electrons. The van der Waals surface area contributed by atoms with Crippen LogP contribution in [0.15, 0.2) is 61.1 Å². The van der Waals surface area contributed by atoms with Crippen LogP contribution in [0.3, 0.4) is 0 Å². The van der Waals surface area contributed by atoms with E-state index >= 15 is 0 Å². The molecule has 2 aromatic carbocycles. The summed E-state index contributed by atoms with van der Waals surface area (Å²) in [6.07, 6.45) is 7.21. The Morgan fingerprint density at radius 1 is 1.13 bits per heavy atom. The molecule has 1 aliphatic heterocycles. The Morgan fingerprint density at radius 2 is 1.92 bits per heavy atom. The van der Waals surface area contributed by atoms with E-state index in [1.807, 2.05) is 36.4 Å². The van der Waals surface area contributed by atoms with Crippen LogP contribution in [0.5, 0.6) is 11.5 Å². The minimum absolute atomic E-state index is 0.0422. The van der Waals surface area contributed by atoms with Crippen LogP contribution < -0.4 is 9.47 Å². The zero-order valence-corrected chi connectivity index (χ0v) is 21.4. The molecule has 2 N–H and O–H groups in total. The standard InChI is InChI=1S/C29H33N3O6/c1-36-25-12-11-20-17-32(28(33)26(19-7-3-2-4-8-19)38-22-9-5-6-10-22)24(29(34)35)15-23(20)27(25)37-18-21-16-30-13-14-31-21/h2-4,7-8,11-14,16,22,24,26,28,33H,5-6,9-10,15,17-18H2,1H3,(H,34,35)/t24-,26+,28?/m1/s1. The average Bonchev–Trinajstić information content (AvgIpc) is 3.48. The van der Waals surface area contributed by atoms with Gasteiger partial charge in [0, 0.05) is 30.9 Å². The van der Waals surface area contributed by atoms with Crippen LogP contribution >= 0.6 is 0 Å². The number of aliphatic hydroxyl groups excluding tert-OH is 1. The monoisotopic (exact) mass is 519 g/mol. The van der Waals surface area contributed by atoms with Gasteiger partial charge in [-0.2, -0.15) is 0 Å². The lowest BCUT2D eigenvalue weighted by molar-refractivity contribution is -0.170. The minimum Gasteiger partial charge on any atom is -0.493 e. The molecule has 1 fully saturated rings. The first kappa shape index (κ1) is 26.1. The predicted octanol–water partition coefficient (Wildman–Crippen LogP) is 3.89. The van der Waals surface area contributed by atoms with Gasteiger partial charge in [-0.15, -0.1) is 0 Å². The zero-order chi connectivity index (χ0) is 26.5. The molecule has 9 nitrogen and oxygen atoms in total. The molecule has 5 rings (SSSR count). The summed E-state index contributed by atoms with van der Waals surface area (Å²) in [6, 6.07) is 12.3. The van der Waals surface area contributed by atoms with Crippen LogP contribution in [0.4, 0.5) is 0 Å². The Kier molecular flexibility index (Phi) is 8.17. The number of methoxy groups -OCH3 is 1. The molecule has 3 atom stereocenters. The maximum absolute atomic E-state index is 12.5. The van der Waals surface area contributed by atoms with Crippen molar-refractivity contribution in [3.8, 4) is 11.5 Å². The Labute approximate surface area is 222 Å². The fourth-order valence-electron chi connectivity index (χ4n) is 5.38. The summed E-state index contributed by atoms with van der Waals surface area (Å²) >= 11 is 0. The lowest BCUT2D eigenvalue weighted by Crippen LogP contribution is -2.53. The molecular weight excluding hydrogens is 486 g/mol. The van der Waals surface area contributed by atoms with Crippen molar-refractivity contribution >= 4 is 5.97 Å². The number of aromatic nitrogens is 2. The Balaban J connectivity index is 1.45.